The van der Waals surface area contributed by atoms with E-state index in [1.54, 1.807) is 43.6 Å². The number of anilines is 1. The average molecular weight is 361 g/mol. The number of rotatable bonds is 5. The maximum Gasteiger partial charge on any atom is 0.277 e. The quantitative estimate of drug-likeness (QED) is 0.586. The van der Waals surface area contributed by atoms with Gasteiger partial charge in [0, 0.05) is 31.2 Å². The Morgan fingerprint density at radius 2 is 1.89 bits per heavy atom. The zero-order valence-electron chi connectivity index (χ0n) is 14.4. The number of aromatic nitrogens is 6. The lowest BCUT2D eigenvalue weighted by atomic mass is 10.3. The molecule has 0 aliphatic carbocycles. The van der Waals surface area contributed by atoms with Crippen LogP contribution in [0.2, 0.25) is 0 Å². The van der Waals surface area contributed by atoms with Crippen molar-refractivity contribution in [2.45, 2.75) is 0 Å². The number of carbonyl (C=O) groups is 1. The largest absolute Gasteiger partial charge is 0.439 e. The zero-order valence-corrected chi connectivity index (χ0v) is 14.4. The molecule has 0 saturated carbocycles. The number of nitrogens with one attached hydrogen (secondary N) is 1. The Bertz CT molecular complexity index is 1060. The molecule has 0 saturated heterocycles. The van der Waals surface area contributed by atoms with Gasteiger partial charge in [0.05, 0.1) is 6.20 Å². The number of hydrogen-bond acceptors (Lipinski definition) is 6. The van der Waals surface area contributed by atoms with Gasteiger partial charge in [-0.25, -0.2) is 9.97 Å². The Labute approximate surface area is 154 Å². The summed E-state index contributed by atoms with van der Waals surface area (Å²) in [5.41, 5.74) is 0.866. The highest BCUT2D eigenvalue weighted by molar-refractivity contribution is 6.02. The lowest BCUT2D eigenvalue weighted by Gasteiger charge is -2.08. The lowest BCUT2D eigenvalue weighted by Crippen LogP contribution is -2.12. The minimum atomic E-state index is -0.330. The smallest absolute Gasteiger partial charge is 0.277 e. The number of benzene rings is 1. The Morgan fingerprint density at radius 3 is 2.59 bits per heavy atom. The number of nitrogens with zero attached hydrogens (tertiary/aromatic N) is 6. The van der Waals surface area contributed by atoms with Crippen LogP contribution in [0.25, 0.3) is 5.82 Å². The third-order valence-corrected chi connectivity index (χ3v) is 3.67. The summed E-state index contributed by atoms with van der Waals surface area (Å²) in [6, 6.07) is 12.5. The van der Waals surface area contributed by atoms with Crippen molar-refractivity contribution in [2.75, 3.05) is 5.32 Å². The van der Waals surface area contributed by atoms with Crippen LogP contribution in [0.1, 0.15) is 10.5 Å². The van der Waals surface area contributed by atoms with Gasteiger partial charge in [0.2, 0.25) is 5.88 Å². The molecule has 0 spiro atoms. The molecular weight excluding hydrogens is 346 g/mol. The molecular formula is C18H15N7O2. The van der Waals surface area contributed by atoms with Crippen LogP contribution in [0.3, 0.4) is 0 Å². The van der Waals surface area contributed by atoms with E-state index in [0.717, 1.165) is 0 Å². The molecule has 0 bridgehead atoms. The molecule has 4 aromatic rings. The topological polar surface area (TPSA) is 99.8 Å². The molecule has 9 heteroatoms. The first-order valence-electron chi connectivity index (χ1n) is 8.08. The van der Waals surface area contributed by atoms with E-state index in [2.05, 4.69) is 25.6 Å². The Balaban J connectivity index is 1.44. The van der Waals surface area contributed by atoms with Crippen molar-refractivity contribution in [1.29, 1.82) is 0 Å². The van der Waals surface area contributed by atoms with E-state index < -0.39 is 0 Å². The second kappa shape index (κ2) is 7.08. The molecule has 0 aliphatic rings. The van der Waals surface area contributed by atoms with Crippen molar-refractivity contribution >= 4 is 11.6 Å². The number of ether oxygens (including phenoxy) is 1. The van der Waals surface area contributed by atoms with E-state index >= 15 is 0 Å². The van der Waals surface area contributed by atoms with Gasteiger partial charge < -0.3 is 14.6 Å². The molecule has 0 fully saturated rings. The molecule has 3 aromatic heterocycles. The fourth-order valence-electron chi connectivity index (χ4n) is 2.39. The number of amides is 1. The van der Waals surface area contributed by atoms with Crippen molar-refractivity contribution in [3.63, 3.8) is 0 Å². The maximum atomic E-state index is 12.1. The molecule has 0 unspecified atom stereocenters. The number of hydrogen-bond donors (Lipinski definition) is 1. The third-order valence-electron chi connectivity index (χ3n) is 3.67. The summed E-state index contributed by atoms with van der Waals surface area (Å²) >= 11 is 0. The van der Waals surface area contributed by atoms with Crippen LogP contribution in [0.5, 0.6) is 11.6 Å². The van der Waals surface area contributed by atoms with E-state index in [4.69, 9.17) is 4.74 Å². The fraction of sp³-hybridized carbons (Fsp3) is 0.0556. The number of carbonyl (C=O) groups excluding carboxylic acids is 1. The molecule has 1 aromatic carbocycles. The van der Waals surface area contributed by atoms with E-state index in [0.29, 0.717) is 23.1 Å². The zero-order chi connectivity index (χ0) is 18.6. The van der Waals surface area contributed by atoms with Crippen molar-refractivity contribution < 1.29 is 9.53 Å². The van der Waals surface area contributed by atoms with Gasteiger partial charge >= 0.3 is 0 Å². The van der Waals surface area contributed by atoms with Gasteiger partial charge in [-0.2, -0.15) is 0 Å². The van der Waals surface area contributed by atoms with Gasteiger partial charge in [0.15, 0.2) is 5.69 Å². The highest BCUT2D eigenvalue weighted by Gasteiger charge is 2.10. The summed E-state index contributed by atoms with van der Waals surface area (Å²) in [5.74, 6) is 1.39. The predicted molar refractivity (Wildman–Crippen MR) is 96.8 cm³/mol. The second-order valence-electron chi connectivity index (χ2n) is 5.66. The van der Waals surface area contributed by atoms with Crippen molar-refractivity contribution in [1.82, 2.24) is 29.5 Å². The molecule has 0 aliphatic heterocycles. The van der Waals surface area contributed by atoms with E-state index in [1.165, 1.54) is 11.0 Å². The predicted octanol–water partition coefficient (Wildman–Crippen LogP) is 2.44. The standard InChI is InChI=1S/C18H15N7O2/c1-24-11-15(22-23-24)18(26)21-13-4-6-14(7-5-13)27-17-10-16(19-12-20-17)25-8-2-3-9-25/h2-12H,1H3,(H,21,26). The SMILES string of the molecule is Cn1cc(C(=O)Nc2ccc(Oc3cc(-n4cccc4)ncn3)cc2)nn1. The maximum absolute atomic E-state index is 12.1. The van der Waals surface area contributed by atoms with Crippen LogP contribution >= 0.6 is 0 Å². The van der Waals surface area contributed by atoms with Crippen molar-refractivity contribution in [2.24, 2.45) is 7.05 Å². The number of aryl methyl sites for hydroxylation is 1. The summed E-state index contributed by atoms with van der Waals surface area (Å²) in [4.78, 5) is 20.4. The monoisotopic (exact) mass is 361 g/mol. The fourth-order valence-corrected chi connectivity index (χ4v) is 2.39. The summed E-state index contributed by atoms with van der Waals surface area (Å²) in [7, 11) is 1.70. The second-order valence-corrected chi connectivity index (χ2v) is 5.66. The molecule has 3 heterocycles. The van der Waals surface area contributed by atoms with Crippen LogP contribution in [0.4, 0.5) is 5.69 Å². The molecule has 27 heavy (non-hydrogen) atoms. The van der Waals surface area contributed by atoms with E-state index in [1.807, 2.05) is 29.1 Å². The van der Waals surface area contributed by atoms with Crippen molar-refractivity contribution in [3.05, 3.63) is 73.1 Å². The highest BCUT2D eigenvalue weighted by atomic mass is 16.5. The molecule has 134 valence electrons. The summed E-state index contributed by atoms with van der Waals surface area (Å²) in [6.07, 6.45) is 6.77. The summed E-state index contributed by atoms with van der Waals surface area (Å²) < 4.78 is 9.09. The first kappa shape index (κ1) is 16.5. The average Bonchev–Trinajstić information content (AvgIpc) is 3.35. The van der Waals surface area contributed by atoms with Gasteiger partial charge in [0.25, 0.3) is 5.91 Å². The van der Waals surface area contributed by atoms with Gasteiger partial charge in [0.1, 0.15) is 17.9 Å². The summed E-state index contributed by atoms with van der Waals surface area (Å²) in [5, 5.41) is 10.3. The lowest BCUT2D eigenvalue weighted by molar-refractivity contribution is 0.102. The molecule has 9 nitrogen and oxygen atoms in total. The first-order chi connectivity index (χ1) is 13.2. The van der Waals surface area contributed by atoms with Crippen LogP contribution in [-0.4, -0.2) is 35.4 Å². The third kappa shape index (κ3) is 3.82. The van der Waals surface area contributed by atoms with E-state index in [9.17, 15) is 4.79 Å². The van der Waals surface area contributed by atoms with Crippen molar-refractivity contribution in [3.8, 4) is 17.4 Å². The summed E-state index contributed by atoms with van der Waals surface area (Å²) in [6.45, 7) is 0. The highest BCUT2D eigenvalue weighted by Crippen LogP contribution is 2.22. The normalized spacial score (nSPS) is 10.6. The molecule has 1 N–H and O–H groups in total. The molecule has 1 amide bonds. The Morgan fingerprint density at radius 1 is 1.11 bits per heavy atom. The van der Waals surface area contributed by atoms with Crippen LogP contribution in [0.15, 0.2) is 67.4 Å². The molecule has 4 rings (SSSR count). The van der Waals surface area contributed by atoms with Crippen LogP contribution in [0, 0.1) is 0 Å². The van der Waals surface area contributed by atoms with Gasteiger partial charge in [-0.15, -0.1) is 5.10 Å². The minimum absolute atomic E-state index is 0.247. The van der Waals surface area contributed by atoms with Crippen LogP contribution < -0.4 is 10.1 Å². The molecule has 0 atom stereocenters. The Kier molecular flexibility index (Phi) is 4.32. The minimum Gasteiger partial charge on any atom is -0.439 e. The van der Waals surface area contributed by atoms with E-state index in [-0.39, 0.29) is 11.6 Å². The van der Waals surface area contributed by atoms with Gasteiger partial charge in [-0.1, -0.05) is 5.21 Å². The first-order valence-corrected chi connectivity index (χ1v) is 8.08. The Hall–Kier alpha value is -4.01. The van der Waals surface area contributed by atoms with Crippen LogP contribution in [-0.2, 0) is 7.05 Å². The van der Waals surface area contributed by atoms with Gasteiger partial charge in [-0.05, 0) is 36.4 Å². The molecule has 0 radical (unpaired) electrons. The van der Waals surface area contributed by atoms with Gasteiger partial charge in [-0.3, -0.25) is 9.48 Å².